The summed E-state index contributed by atoms with van der Waals surface area (Å²) in [7, 11) is -3.55. The van der Waals surface area contributed by atoms with Crippen LogP contribution in [-0.2, 0) is 10.0 Å². The van der Waals surface area contributed by atoms with E-state index in [0.717, 1.165) is 77.0 Å². The summed E-state index contributed by atoms with van der Waals surface area (Å²) in [6.07, 6.45) is 18.4. The molecule has 0 saturated heterocycles. The first-order valence-corrected chi connectivity index (χ1v) is 14.1. The first-order chi connectivity index (χ1) is 15.5. The van der Waals surface area contributed by atoms with E-state index in [-0.39, 0.29) is 0 Å². The molecule has 0 N–H and O–H groups in total. The van der Waals surface area contributed by atoms with E-state index in [1.165, 1.54) is 32.6 Å². The molecule has 0 aliphatic heterocycles. The van der Waals surface area contributed by atoms with Gasteiger partial charge >= 0.3 is 0 Å². The minimum absolute atomic E-state index is 0.509. The first-order valence-electron chi connectivity index (χ1n) is 12.6. The molecular weight excluding hydrogens is 420 g/mol. The number of hydrogen-bond acceptors (Lipinski definition) is 5. The average Bonchev–Trinajstić information content (AvgIpc) is 2.79. The van der Waals surface area contributed by atoms with Crippen molar-refractivity contribution in [3.05, 3.63) is 0 Å². The summed E-state index contributed by atoms with van der Waals surface area (Å²) in [5, 5.41) is 25.2. The van der Waals surface area contributed by atoms with Crippen molar-refractivity contribution >= 4 is 10.0 Å². The third-order valence-corrected chi connectivity index (χ3v) is 7.96. The Morgan fingerprint density at radius 2 is 0.906 bits per heavy atom. The normalized spacial score (nSPS) is 12.2. The van der Waals surface area contributed by atoms with Gasteiger partial charge in [-0.15, -0.1) is 0 Å². The SMILES string of the molecule is CC(C#N)S(=O)(=O)N(CCCCCCCCCCC#N)CCCCCCCCCCC#N. The zero-order chi connectivity index (χ0) is 23.9. The van der Waals surface area contributed by atoms with Crippen molar-refractivity contribution in [2.75, 3.05) is 13.1 Å². The predicted molar refractivity (Wildman–Crippen MR) is 130 cm³/mol. The van der Waals surface area contributed by atoms with Gasteiger partial charge in [0.05, 0.1) is 18.2 Å². The number of hydrogen-bond donors (Lipinski definition) is 0. The summed E-state index contributed by atoms with van der Waals surface area (Å²) in [5.74, 6) is 0. The molecule has 0 amide bonds. The molecule has 0 heterocycles. The van der Waals surface area contributed by atoms with Crippen LogP contribution >= 0.6 is 0 Å². The maximum absolute atomic E-state index is 12.7. The molecule has 0 fully saturated rings. The molecule has 0 aliphatic rings. The van der Waals surface area contributed by atoms with E-state index in [9.17, 15) is 8.42 Å². The van der Waals surface area contributed by atoms with E-state index in [2.05, 4.69) is 12.1 Å². The zero-order valence-electron chi connectivity index (χ0n) is 20.2. The van der Waals surface area contributed by atoms with E-state index in [4.69, 9.17) is 15.8 Å². The van der Waals surface area contributed by atoms with Crippen LogP contribution in [0.4, 0.5) is 0 Å². The maximum atomic E-state index is 12.7. The molecule has 0 spiro atoms. The van der Waals surface area contributed by atoms with Gasteiger partial charge in [0, 0.05) is 25.9 Å². The minimum atomic E-state index is -3.55. The van der Waals surface area contributed by atoms with Crippen molar-refractivity contribution < 1.29 is 8.42 Å². The highest BCUT2D eigenvalue weighted by Gasteiger charge is 2.27. The van der Waals surface area contributed by atoms with E-state index in [1.54, 1.807) is 4.31 Å². The van der Waals surface area contributed by atoms with E-state index in [1.807, 2.05) is 6.07 Å². The molecule has 0 aromatic heterocycles. The number of sulfonamides is 1. The summed E-state index contributed by atoms with van der Waals surface area (Å²) in [5.41, 5.74) is 0. The van der Waals surface area contributed by atoms with Gasteiger partial charge in [0.15, 0.2) is 5.25 Å². The topological polar surface area (TPSA) is 109 Å². The third-order valence-electron chi connectivity index (χ3n) is 5.88. The number of nitrogens with zero attached hydrogens (tertiary/aromatic N) is 4. The Hall–Kier alpha value is -1.62. The summed E-state index contributed by atoms with van der Waals surface area (Å²) >= 11 is 0. The van der Waals surface area contributed by atoms with E-state index < -0.39 is 15.3 Å². The average molecular weight is 465 g/mol. The molecule has 7 heteroatoms. The fraction of sp³-hybridized carbons (Fsp3) is 0.880. The lowest BCUT2D eigenvalue weighted by atomic mass is 10.1. The van der Waals surface area contributed by atoms with E-state index >= 15 is 0 Å². The second-order valence-corrected chi connectivity index (χ2v) is 10.9. The second kappa shape index (κ2) is 21.2. The fourth-order valence-corrected chi connectivity index (χ4v) is 5.11. The van der Waals surface area contributed by atoms with Crippen LogP contribution in [0.3, 0.4) is 0 Å². The molecule has 0 rings (SSSR count). The van der Waals surface area contributed by atoms with E-state index in [0.29, 0.717) is 25.9 Å². The zero-order valence-corrected chi connectivity index (χ0v) is 21.0. The van der Waals surface area contributed by atoms with Crippen LogP contribution in [0.25, 0.3) is 0 Å². The van der Waals surface area contributed by atoms with Gasteiger partial charge in [0.1, 0.15) is 0 Å². The molecule has 0 aromatic rings. The van der Waals surface area contributed by atoms with Gasteiger partial charge in [-0.1, -0.05) is 77.0 Å². The quantitative estimate of drug-likeness (QED) is 0.168. The van der Waals surface area contributed by atoms with Crippen LogP contribution in [0.15, 0.2) is 0 Å². The van der Waals surface area contributed by atoms with Crippen molar-refractivity contribution in [2.24, 2.45) is 0 Å². The number of rotatable bonds is 22. The molecule has 6 nitrogen and oxygen atoms in total. The fourth-order valence-electron chi connectivity index (χ4n) is 3.76. The largest absolute Gasteiger partial charge is 0.230 e. The Morgan fingerprint density at radius 1 is 0.594 bits per heavy atom. The van der Waals surface area contributed by atoms with Crippen molar-refractivity contribution in [2.45, 2.75) is 128 Å². The molecular formula is C25H44N4O2S. The predicted octanol–water partition coefficient (Wildman–Crippen LogP) is 6.60. The highest BCUT2D eigenvalue weighted by atomic mass is 32.2. The van der Waals surface area contributed by atoms with Crippen molar-refractivity contribution in [3.63, 3.8) is 0 Å². The Morgan fingerprint density at radius 3 is 1.22 bits per heavy atom. The van der Waals surface area contributed by atoms with Crippen LogP contribution in [0, 0.1) is 34.0 Å². The summed E-state index contributed by atoms with van der Waals surface area (Å²) in [4.78, 5) is 0. The number of unbranched alkanes of at least 4 members (excludes halogenated alkanes) is 16. The third kappa shape index (κ3) is 16.1. The summed E-state index contributed by atoms with van der Waals surface area (Å²) in [6.45, 7) is 2.49. The van der Waals surface area contributed by atoms with Gasteiger partial charge in [-0.3, -0.25) is 0 Å². The Labute approximate surface area is 197 Å². The minimum Gasteiger partial charge on any atom is -0.211 e. The number of nitriles is 3. The van der Waals surface area contributed by atoms with Crippen LogP contribution in [0.1, 0.15) is 122 Å². The maximum Gasteiger partial charge on any atom is 0.230 e. The molecule has 0 bridgehead atoms. The van der Waals surface area contributed by atoms with Gasteiger partial charge < -0.3 is 0 Å². The first kappa shape index (κ1) is 30.4. The molecule has 0 radical (unpaired) electrons. The lowest BCUT2D eigenvalue weighted by molar-refractivity contribution is 0.381. The highest BCUT2D eigenvalue weighted by molar-refractivity contribution is 7.89. The molecule has 32 heavy (non-hydrogen) atoms. The van der Waals surface area contributed by atoms with Crippen LogP contribution in [0.5, 0.6) is 0 Å². The van der Waals surface area contributed by atoms with Gasteiger partial charge in [0.2, 0.25) is 10.0 Å². The lowest BCUT2D eigenvalue weighted by Gasteiger charge is -2.23. The Kier molecular flexibility index (Phi) is 20.2. The Bertz CT molecular complexity index is 640. The monoisotopic (exact) mass is 464 g/mol. The molecule has 0 aromatic carbocycles. The van der Waals surface area contributed by atoms with Crippen LogP contribution in [-0.4, -0.2) is 31.1 Å². The van der Waals surface area contributed by atoms with Gasteiger partial charge in [-0.25, -0.2) is 12.7 Å². The Balaban J connectivity index is 4.10. The standard InChI is InChI=1S/C25H44N4O2S/c1-25(24-28)32(30,31)29(22-18-14-10-6-2-4-8-12-16-20-26)23-19-15-11-7-3-5-9-13-17-21-27/h25H,2-19,22-23H2,1H3. The van der Waals surface area contributed by atoms with Crippen LogP contribution in [0.2, 0.25) is 0 Å². The summed E-state index contributed by atoms with van der Waals surface area (Å²) in [6, 6.07) is 6.24. The van der Waals surface area contributed by atoms with Gasteiger partial charge in [0.25, 0.3) is 0 Å². The highest BCUT2D eigenvalue weighted by Crippen LogP contribution is 2.16. The lowest BCUT2D eigenvalue weighted by Crippen LogP contribution is -2.38. The smallest absolute Gasteiger partial charge is 0.211 e. The van der Waals surface area contributed by atoms with Gasteiger partial charge in [-0.05, 0) is 32.6 Å². The van der Waals surface area contributed by atoms with Crippen molar-refractivity contribution in [1.82, 2.24) is 4.31 Å². The van der Waals surface area contributed by atoms with Crippen molar-refractivity contribution in [3.8, 4) is 18.2 Å². The van der Waals surface area contributed by atoms with Crippen LogP contribution < -0.4 is 0 Å². The molecule has 182 valence electrons. The second-order valence-electron chi connectivity index (χ2n) is 8.69. The summed E-state index contributed by atoms with van der Waals surface area (Å²) < 4.78 is 27.0. The van der Waals surface area contributed by atoms with Crippen molar-refractivity contribution in [1.29, 1.82) is 15.8 Å². The molecule has 0 saturated carbocycles. The van der Waals surface area contributed by atoms with Gasteiger partial charge in [-0.2, -0.15) is 15.8 Å². The molecule has 0 aliphatic carbocycles. The molecule has 1 atom stereocenters. The molecule has 1 unspecified atom stereocenters.